The van der Waals surface area contributed by atoms with Crippen LogP contribution in [0.15, 0.2) is 120 Å². The zero-order valence-corrected chi connectivity index (χ0v) is 18.2. The number of aromatic nitrogens is 3. The highest BCUT2D eigenvalue weighted by Crippen LogP contribution is 2.39. The molecule has 0 aliphatic heterocycles. The molecule has 4 aromatic heterocycles. The van der Waals surface area contributed by atoms with Crippen LogP contribution in [-0.2, 0) is 0 Å². The Bertz CT molecular complexity index is 1740. The van der Waals surface area contributed by atoms with Gasteiger partial charge in [0.2, 0.25) is 0 Å². The van der Waals surface area contributed by atoms with Gasteiger partial charge in [0.1, 0.15) is 5.58 Å². The van der Waals surface area contributed by atoms with E-state index in [2.05, 4.69) is 69.1 Å². The van der Waals surface area contributed by atoms with Gasteiger partial charge in [0, 0.05) is 41.2 Å². The summed E-state index contributed by atoms with van der Waals surface area (Å²) in [6, 6.07) is 29.8. The van der Waals surface area contributed by atoms with Crippen LogP contribution < -0.4 is 0 Å². The summed E-state index contributed by atoms with van der Waals surface area (Å²) >= 11 is 0. The van der Waals surface area contributed by atoms with Gasteiger partial charge in [-0.15, -0.1) is 0 Å². The molecule has 0 spiro atoms. The van der Waals surface area contributed by atoms with Gasteiger partial charge in [-0.25, -0.2) is 0 Å². The van der Waals surface area contributed by atoms with Crippen LogP contribution in [0.25, 0.3) is 60.7 Å². The van der Waals surface area contributed by atoms with E-state index in [0.29, 0.717) is 0 Å². The third-order valence-corrected chi connectivity index (χ3v) is 6.46. The Morgan fingerprint density at radius 2 is 1.26 bits per heavy atom. The summed E-state index contributed by atoms with van der Waals surface area (Å²) in [5.74, 6) is 0. The van der Waals surface area contributed by atoms with E-state index in [9.17, 15) is 0 Å². The van der Waals surface area contributed by atoms with E-state index in [-0.39, 0.29) is 0 Å². The molecule has 4 nitrogen and oxygen atoms in total. The van der Waals surface area contributed by atoms with Crippen molar-refractivity contribution < 1.29 is 4.42 Å². The molecule has 0 aliphatic rings. The van der Waals surface area contributed by atoms with Gasteiger partial charge < -0.3 is 8.98 Å². The predicted octanol–water partition coefficient (Wildman–Crippen LogP) is 7.65. The minimum atomic E-state index is 0.923. The van der Waals surface area contributed by atoms with E-state index in [1.165, 1.54) is 5.39 Å². The average Bonchev–Trinajstić information content (AvgIpc) is 3.52. The molecule has 4 heterocycles. The second kappa shape index (κ2) is 7.42. The number of pyridine rings is 2. The van der Waals surface area contributed by atoms with Gasteiger partial charge in [-0.3, -0.25) is 9.97 Å². The summed E-state index contributed by atoms with van der Waals surface area (Å²) in [4.78, 5) is 8.41. The maximum atomic E-state index is 5.95. The summed E-state index contributed by atoms with van der Waals surface area (Å²) < 4.78 is 8.28. The zero-order valence-electron chi connectivity index (χ0n) is 18.2. The van der Waals surface area contributed by atoms with Crippen molar-refractivity contribution in [3.8, 4) is 27.9 Å². The molecule has 0 atom stereocenters. The van der Waals surface area contributed by atoms with Crippen molar-refractivity contribution in [3.63, 3.8) is 0 Å². The Morgan fingerprint density at radius 3 is 1.97 bits per heavy atom. The Balaban J connectivity index is 1.59. The Morgan fingerprint density at radius 1 is 0.588 bits per heavy atom. The van der Waals surface area contributed by atoms with Gasteiger partial charge in [0.25, 0.3) is 0 Å². The Labute approximate surface area is 195 Å². The summed E-state index contributed by atoms with van der Waals surface area (Å²) in [6.07, 6.45) is 9.11. The molecule has 0 saturated heterocycles. The SMILES string of the molecule is c1ccc2c(c1)c1c3occc3ccc1n2-c1cc(-c2ccncc2)cc(-c2ccncc2)c1. The molecule has 3 aromatic carbocycles. The molecule has 0 fully saturated rings. The number of hydrogen-bond acceptors (Lipinski definition) is 3. The first-order valence-corrected chi connectivity index (χ1v) is 11.2. The molecule has 7 rings (SSSR count). The van der Waals surface area contributed by atoms with Gasteiger partial charge in [0.15, 0.2) is 0 Å². The van der Waals surface area contributed by atoms with Crippen molar-refractivity contribution in [1.82, 2.24) is 14.5 Å². The van der Waals surface area contributed by atoms with Crippen molar-refractivity contribution in [2.45, 2.75) is 0 Å². The summed E-state index contributed by atoms with van der Waals surface area (Å²) in [7, 11) is 0. The number of rotatable bonds is 3. The summed E-state index contributed by atoms with van der Waals surface area (Å²) in [5, 5.41) is 3.43. The van der Waals surface area contributed by atoms with Crippen LogP contribution in [-0.4, -0.2) is 14.5 Å². The molecular weight excluding hydrogens is 418 g/mol. The first kappa shape index (κ1) is 18.8. The van der Waals surface area contributed by atoms with Crippen LogP contribution in [0.5, 0.6) is 0 Å². The molecule has 34 heavy (non-hydrogen) atoms. The fraction of sp³-hybridized carbons (Fsp3) is 0. The van der Waals surface area contributed by atoms with E-state index in [1.54, 1.807) is 6.26 Å². The highest BCUT2D eigenvalue weighted by Gasteiger charge is 2.17. The summed E-state index contributed by atoms with van der Waals surface area (Å²) in [5.41, 5.74) is 8.81. The van der Waals surface area contributed by atoms with Crippen molar-refractivity contribution in [2.75, 3.05) is 0 Å². The first-order valence-electron chi connectivity index (χ1n) is 11.2. The van der Waals surface area contributed by atoms with Crippen molar-refractivity contribution in [3.05, 3.63) is 116 Å². The lowest BCUT2D eigenvalue weighted by molar-refractivity contribution is 0.619. The first-order chi connectivity index (χ1) is 16.9. The fourth-order valence-electron chi connectivity index (χ4n) is 4.92. The number of fused-ring (bicyclic) bond motifs is 5. The second-order valence-corrected chi connectivity index (χ2v) is 8.39. The number of para-hydroxylation sites is 1. The third kappa shape index (κ3) is 2.86. The van der Waals surface area contributed by atoms with Gasteiger partial charge in [0.05, 0.1) is 22.7 Å². The smallest absolute Gasteiger partial charge is 0.143 e. The standard InChI is InChI=1S/C30H19N3O/c1-2-4-27-26(3-1)29-28(6-5-22-11-16-34-30(22)29)33(27)25-18-23(20-7-12-31-13-8-20)17-24(19-25)21-9-14-32-15-10-21/h1-19H. The highest BCUT2D eigenvalue weighted by atomic mass is 16.3. The molecule has 0 aliphatic carbocycles. The lowest BCUT2D eigenvalue weighted by Crippen LogP contribution is -1.96. The molecule has 0 amide bonds. The zero-order chi connectivity index (χ0) is 22.5. The Hall–Kier alpha value is -4.70. The van der Waals surface area contributed by atoms with Crippen LogP contribution in [0.2, 0.25) is 0 Å². The minimum absolute atomic E-state index is 0.923. The molecule has 0 radical (unpaired) electrons. The van der Waals surface area contributed by atoms with Crippen molar-refractivity contribution >= 4 is 32.8 Å². The fourth-order valence-corrected chi connectivity index (χ4v) is 4.92. The average molecular weight is 438 g/mol. The van der Waals surface area contributed by atoms with Crippen LogP contribution in [0.3, 0.4) is 0 Å². The van der Waals surface area contributed by atoms with Crippen LogP contribution in [0.4, 0.5) is 0 Å². The number of nitrogens with zero attached hydrogens (tertiary/aromatic N) is 3. The quantitative estimate of drug-likeness (QED) is 0.285. The van der Waals surface area contributed by atoms with Crippen LogP contribution in [0, 0.1) is 0 Å². The van der Waals surface area contributed by atoms with Gasteiger partial charge in [-0.2, -0.15) is 0 Å². The maximum Gasteiger partial charge on any atom is 0.143 e. The molecule has 0 N–H and O–H groups in total. The number of hydrogen-bond donors (Lipinski definition) is 0. The molecule has 0 saturated carbocycles. The van der Waals surface area contributed by atoms with Gasteiger partial charge in [-0.1, -0.05) is 18.2 Å². The molecule has 160 valence electrons. The maximum absolute atomic E-state index is 5.95. The summed E-state index contributed by atoms with van der Waals surface area (Å²) in [6.45, 7) is 0. The largest absolute Gasteiger partial charge is 0.464 e. The highest BCUT2D eigenvalue weighted by molar-refractivity contribution is 6.19. The topological polar surface area (TPSA) is 43.9 Å². The monoisotopic (exact) mass is 437 g/mol. The van der Waals surface area contributed by atoms with Crippen LogP contribution >= 0.6 is 0 Å². The lowest BCUT2D eigenvalue weighted by atomic mass is 9.99. The van der Waals surface area contributed by atoms with Crippen molar-refractivity contribution in [1.29, 1.82) is 0 Å². The van der Waals surface area contributed by atoms with Crippen LogP contribution in [0.1, 0.15) is 0 Å². The molecule has 4 heteroatoms. The Kier molecular flexibility index (Phi) is 4.11. The predicted molar refractivity (Wildman–Crippen MR) is 137 cm³/mol. The van der Waals surface area contributed by atoms with E-state index < -0.39 is 0 Å². The van der Waals surface area contributed by atoms with Gasteiger partial charge >= 0.3 is 0 Å². The van der Waals surface area contributed by atoms with E-state index >= 15 is 0 Å². The number of benzene rings is 3. The molecule has 0 bridgehead atoms. The van der Waals surface area contributed by atoms with Crippen molar-refractivity contribution in [2.24, 2.45) is 0 Å². The lowest BCUT2D eigenvalue weighted by Gasteiger charge is -2.14. The molecular formula is C30H19N3O. The van der Waals surface area contributed by atoms with E-state index in [0.717, 1.165) is 55.3 Å². The number of furan rings is 1. The molecule has 7 aromatic rings. The normalized spacial score (nSPS) is 11.5. The second-order valence-electron chi connectivity index (χ2n) is 8.39. The van der Waals surface area contributed by atoms with E-state index in [4.69, 9.17) is 4.42 Å². The van der Waals surface area contributed by atoms with E-state index in [1.807, 2.05) is 55.1 Å². The molecule has 0 unspecified atom stereocenters. The van der Waals surface area contributed by atoms with Gasteiger partial charge in [-0.05, 0) is 89.0 Å². The minimum Gasteiger partial charge on any atom is -0.464 e. The third-order valence-electron chi connectivity index (χ3n) is 6.46.